The van der Waals surface area contributed by atoms with E-state index in [0.29, 0.717) is 42.0 Å². The third-order valence-corrected chi connectivity index (χ3v) is 5.16. The number of primary amides is 1. The van der Waals surface area contributed by atoms with Crippen molar-refractivity contribution < 1.29 is 14.3 Å². The van der Waals surface area contributed by atoms with Gasteiger partial charge in [0.05, 0.1) is 18.8 Å². The Morgan fingerprint density at radius 3 is 2.30 bits per heavy atom. The van der Waals surface area contributed by atoms with E-state index in [2.05, 4.69) is 15.2 Å². The SMILES string of the molecule is CCOc1cc(CN2CCC(Nc3ccc(C(N)=O)cn3)CC2)cc(OCC)c1N. The van der Waals surface area contributed by atoms with Crippen LogP contribution >= 0.6 is 0 Å². The highest BCUT2D eigenvalue weighted by Crippen LogP contribution is 2.34. The molecule has 1 amide bonds. The zero-order valence-electron chi connectivity index (χ0n) is 17.7. The number of benzene rings is 1. The number of likely N-dealkylation sites (tertiary alicyclic amines) is 1. The average molecular weight is 414 g/mol. The highest BCUT2D eigenvalue weighted by molar-refractivity contribution is 5.92. The molecule has 1 aromatic heterocycles. The highest BCUT2D eigenvalue weighted by Gasteiger charge is 2.20. The second-order valence-electron chi connectivity index (χ2n) is 7.36. The monoisotopic (exact) mass is 413 g/mol. The quantitative estimate of drug-likeness (QED) is 0.541. The molecule has 3 rings (SSSR count). The van der Waals surface area contributed by atoms with Crippen LogP contribution in [0.5, 0.6) is 11.5 Å². The van der Waals surface area contributed by atoms with E-state index >= 15 is 0 Å². The van der Waals surface area contributed by atoms with Gasteiger partial charge in [0.25, 0.3) is 0 Å². The second kappa shape index (κ2) is 10.2. The molecule has 0 saturated carbocycles. The van der Waals surface area contributed by atoms with Crippen LogP contribution in [0.1, 0.15) is 42.6 Å². The van der Waals surface area contributed by atoms with E-state index in [0.717, 1.165) is 43.9 Å². The molecule has 1 aliphatic heterocycles. The minimum Gasteiger partial charge on any atom is -0.492 e. The molecule has 2 heterocycles. The molecule has 0 radical (unpaired) electrons. The zero-order valence-corrected chi connectivity index (χ0v) is 17.7. The molecule has 0 atom stereocenters. The summed E-state index contributed by atoms with van der Waals surface area (Å²) in [5.74, 6) is 1.66. The number of hydrogen-bond donors (Lipinski definition) is 3. The molecular formula is C22H31N5O3. The Hall–Kier alpha value is -3.00. The van der Waals surface area contributed by atoms with E-state index in [-0.39, 0.29) is 0 Å². The Morgan fingerprint density at radius 2 is 1.80 bits per heavy atom. The maximum atomic E-state index is 11.2. The molecule has 1 fully saturated rings. The Morgan fingerprint density at radius 1 is 1.17 bits per heavy atom. The van der Waals surface area contributed by atoms with Crippen molar-refractivity contribution in [2.75, 3.05) is 37.4 Å². The molecule has 5 N–H and O–H groups in total. The number of anilines is 2. The first-order chi connectivity index (χ1) is 14.5. The number of nitrogens with zero attached hydrogens (tertiary/aromatic N) is 2. The number of pyridine rings is 1. The molecule has 1 saturated heterocycles. The van der Waals surface area contributed by atoms with Gasteiger partial charge in [-0.1, -0.05) is 0 Å². The van der Waals surface area contributed by atoms with Crippen LogP contribution < -0.4 is 26.3 Å². The zero-order chi connectivity index (χ0) is 21.5. The summed E-state index contributed by atoms with van der Waals surface area (Å²) < 4.78 is 11.4. The van der Waals surface area contributed by atoms with Crippen LogP contribution in [0.25, 0.3) is 0 Å². The van der Waals surface area contributed by atoms with Crippen molar-refractivity contribution in [3.63, 3.8) is 0 Å². The molecule has 1 aliphatic rings. The van der Waals surface area contributed by atoms with Gasteiger partial charge in [-0.15, -0.1) is 0 Å². The van der Waals surface area contributed by atoms with E-state index in [1.54, 1.807) is 12.1 Å². The van der Waals surface area contributed by atoms with Crippen molar-refractivity contribution in [3.8, 4) is 11.5 Å². The summed E-state index contributed by atoms with van der Waals surface area (Å²) in [5.41, 5.74) is 13.5. The topological polar surface area (TPSA) is 116 Å². The Bertz CT molecular complexity index is 821. The van der Waals surface area contributed by atoms with Crippen molar-refractivity contribution >= 4 is 17.4 Å². The predicted octanol–water partition coefficient (Wildman–Crippen LogP) is 2.64. The standard InChI is InChI=1S/C22H31N5O3/c1-3-29-18-11-15(12-19(21(18)23)30-4-2)14-27-9-7-17(8-10-27)26-20-6-5-16(13-25-20)22(24)28/h5-6,11-13,17H,3-4,7-10,14,23H2,1-2H3,(H2,24,28)(H,25,26). The fourth-order valence-electron chi connectivity index (χ4n) is 3.62. The second-order valence-corrected chi connectivity index (χ2v) is 7.36. The number of amides is 1. The van der Waals surface area contributed by atoms with Crippen LogP contribution in [0.4, 0.5) is 11.5 Å². The average Bonchev–Trinajstić information content (AvgIpc) is 2.73. The molecule has 0 unspecified atom stereocenters. The minimum atomic E-state index is -0.468. The molecule has 0 bridgehead atoms. The summed E-state index contributed by atoms with van der Waals surface area (Å²) in [6.45, 7) is 7.76. The van der Waals surface area contributed by atoms with Crippen molar-refractivity contribution in [3.05, 3.63) is 41.6 Å². The summed E-state index contributed by atoms with van der Waals surface area (Å²) in [5, 5.41) is 3.44. The largest absolute Gasteiger partial charge is 0.492 e. The van der Waals surface area contributed by atoms with Gasteiger partial charge < -0.3 is 26.3 Å². The fraction of sp³-hybridized carbons (Fsp3) is 0.455. The Balaban J connectivity index is 1.57. The third-order valence-electron chi connectivity index (χ3n) is 5.16. The van der Waals surface area contributed by atoms with Crippen LogP contribution in [0.15, 0.2) is 30.5 Å². The van der Waals surface area contributed by atoms with Crippen molar-refractivity contribution in [2.45, 2.75) is 39.3 Å². The minimum absolute atomic E-state index is 0.345. The van der Waals surface area contributed by atoms with Gasteiger partial charge in [0.15, 0.2) is 0 Å². The lowest BCUT2D eigenvalue weighted by Gasteiger charge is -2.32. The predicted molar refractivity (Wildman–Crippen MR) is 118 cm³/mol. The first kappa shape index (κ1) is 21.7. The number of nitrogen functional groups attached to an aromatic ring is 1. The number of rotatable bonds is 9. The molecular weight excluding hydrogens is 382 g/mol. The summed E-state index contributed by atoms with van der Waals surface area (Å²) in [6, 6.07) is 7.86. The van der Waals surface area contributed by atoms with Crippen molar-refractivity contribution in [2.24, 2.45) is 5.73 Å². The van der Waals surface area contributed by atoms with E-state index in [1.807, 2.05) is 26.0 Å². The summed E-state index contributed by atoms with van der Waals surface area (Å²) in [6.07, 6.45) is 3.52. The van der Waals surface area contributed by atoms with Crippen molar-refractivity contribution in [1.29, 1.82) is 0 Å². The van der Waals surface area contributed by atoms with Gasteiger partial charge in [-0.05, 0) is 56.5 Å². The normalized spacial score (nSPS) is 15.0. The van der Waals surface area contributed by atoms with Crippen LogP contribution in [0, 0.1) is 0 Å². The summed E-state index contributed by atoms with van der Waals surface area (Å²) in [7, 11) is 0. The Kier molecular flexibility index (Phi) is 7.35. The van der Waals surface area contributed by atoms with Crippen LogP contribution in [-0.4, -0.2) is 48.1 Å². The van der Waals surface area contributed by atoms with Gasteiger partial charge in [-0.2, -0.15) is 0 Å². The Labute approximate surface area is 177 Å². The number of ether oxygens (including phenoxy) is 2. The van der Waals surface area contributed by atoms with Gasteiger partial charge in [-0.25, -0.2) is 4.98 Å². The lowest BCUT2D eigenvalue weighted by molar-refractivity contribution is 0.1000. The molecule has 30 heavy (non-hydrogen) atoms. The number of nitrogens with two attached hydrogens (primary N) is 2. The van der Waals surface area contributed by atoms with Gasteiger partial charge in [0.1, 0.15) is 23.0 Å². The molecule has 8 nitrogen and oxygen atoms in total. The number of nitrogens with one attached hydrogen (secondary N) is 1. The maximum Gasteiger partial charge on any atom is 0.250 e. The van der Waals surface area contributed by atoms with Gasteiger partial charge >= 0.3 is 0 Å². The number of aromatic nitrogens is 1. The van der Waals surface area contributed by atoms with Crippen molar-refractivity contribution in [1.82, 2.24) is 9.88 Å². The van der Waals surface area contributed by atoms with E-state index < -0.39 is 5.91 Å². The van der Waals surface area contributed by atoms with Gasteiger partial charge in [0, 0.05) is 31.9 Å². The number of hydrogen-bond acceptors (Lipinski definition) is 7. The molecule has 2 aromatic rings. The first-order valence-electron chi connectivity index (χ1n) is 10.4. The summed E-state index contributed by atoms with van der Waals surface area (Å²) >= 11 is 0. The van der Waals surface area contributed by atoms with Crippen LogP contribution in [0.2, 0.25) is 0 Å². The molecule has 0 spiro atoms. The smallest absolute Gasteiger partial charge is 0.250 e. The van der Waals surface area contributed by atoms with E-state index in [1.165, 1.54) is 6.20 Å². The lowest BCUT2D eigenvalue weighted by atomic mass is 10.0. The van der Waals surface area contributed by atoms with E-state index in [4.69, 9.17) is 20.9 Å². The van der Waals surface area contributed by atoms with Gasteiger partial charge in [0.2, 0.25) is 5.91 Å². The van der Waals surface area contributed by atoms with Crippen LogP contribution in [0.3, 0.4) is 0 Å². The molecule has 162 valence electrons. The molecule has 8 heteroatoms. The van der Waals surface area contributed by atoms with Crippen LogP contribution in [-0.2, 0) is 6.54 Å². The third kappa shape index (κ3) is 5.54. The first-order valence-corrected chi connectivity index (χ1v) is 10.4. The number of carbonyl (C=O) groups excluding carboxylic acids is 1. The maximum absolute atomic E-state index is 11.2. The lowest BCUT2D eigenvalue weighted by Crippen LogP contribution is -2.38. The van der Waals surface area contributed by atoms with E-state index in [9.17, 15) is 4.79 Å². The fourth-order valence-corrected chi connectivity index (χ4v) is 3.62. The van der Waals surface area contributed by atoms with Gasteiger partial charge in [-0.3, -0.25) is 9.69 Å². The molecule has 1 aromatic carbocycles. The highest BCUT2D eigenvalue weighted by atomic mass is 16.5. The number of piperidine rings is 1. The summed E-state index contributed by atoms with van der Waals surface area (Å²) in [4.78, 5) is 17.8. The number of carbonyl (C=O) groups is 1. The molecule has 0 aliphatic carbocycles.